The summed E-state index contributed by atoms with van der Waals surface area (Å²) in [6.45, 7) is 2.51. The molecule has 4 rings (SSSR count). The molecule has 0 N–H and O–H groups in total. The average molecular weight is 420 g/mol. The first-order valence-corrected chi connectivity index (χ1v) is 9.48. The molecule has 2 heterocycles. The number of oxazole rings is 1. The van der Waals surface area contributed by atoms with Gasteiger partial charge in [-0.1, -0.05) is 18.2 Å². The van der Waals surface area contributed by atoms with Crippen LogP contribution in [0.4, 0.5) is 13.2 Å². The third-order valence-corrected chi connectivity index (χ3v) is 5.26. The van der Waals surface area contributed by atoms with E-state index in [1.165, 1.54) is 35.8 Å². The molecular formula is C21H19F3N2O4. The van der Waals surface area contributed by atoms with Gasteiger partial charge in [0, 0.05) is 26.1 Å². The van der Waals surface area contributed by atoms with Gasteiger partial charge in [-0.15, -0.1) is 13.2 Å². The van der Waals surface area contributed by atoms with Crippen molar-refractivity contribution in [1.29, 1.82) is 0 Å². The maximum atomic E-state index is 12.4. The first-order chi connectivity index (χ1) is 14.2. The number of benzene rings is 2. The lowest BCUT2D eigenvalue weighted by atomic mass is 10.1. The Bertz CT molecular complexity index is 1130. The van der Waals surface area contributed by atoms with Crippen molar-refractivity contribution in [3.05, 3.63) is 53.0 Å². The molecule has 3 aromatic rings. The van der Waals surface area contributed by atoms with Crippen LogP contribution in [-0.4, -0.2) is 34.3 Å². The lowest BCUT2D eigenvalue weighted by Crippen LogP contribution is -2.38. The van der Waals surface area contributed by atoms with E-state index in [-0.39, 0.29) is 17.7 Å². The van der Waals surface area contributed by atoms with Crippen molar-refractivity contribution in [3.63, 3.8) is 0 Å². The highest BCUT2D eigenvalue weighted by molar-refractivity contribution is 5.81. The van der Waals surface area contributed by atoms with E-state index in [0.29, 0.717) is 35.3 Å². The van der Waals surface area contributed by atoms with Gasteiger partial charge in [-0.2, -0.15) is 0 Å². The summed E-state index contributed by atoms with van der Waals surface area (Å²) in [4.78, 5) is 26.0. The van der Waals surface area contributed by atoms with Gasteiger partial charge in [0.15, 0.2) is 5.58 Å². The fraction of sp³-hybridized carbons (Fsp3) is 0.333. The van der Waals surface area contributed by atoms with E-state index in [0.717, 1.165) is 12.8 Å². The van der Waals surface area contributed by atoms with Crippen LogP contribution < -0.4 is 10.5 Å². The van der Waals surface area contributed by atoms with E-state index in [2.05, 4.69) is 4.74 Å². The number of likely N-dealkylation sites (tertiary alicyclic amines) is 1. The molecule has 6 nitrogen and oxygen atoms in total. The van der Waals surface area contributed by atoms with Crippen molar-refractivity contribution in [3.8, 4) is 16.9 Å². The molecule has 1 saturated heterocycles. The van der Waals surface area contributed by atoms with E-state index in [1.807, 2.05) is 0 Å². The van der Waals surface area contributed by atoms with Crippen LogP contribution in [0.3, 0.4) is 0 Å². The van der Waals surface area contributed by atoms with E-state index in [4.69, 9.17) is 4.42 Å². The van der Waals surface area contributed by atoms with Gasteiger partial charge in [-0.3, -0.25) is 9.36 Å². The smallest absolute Gasteiger partial charge is 0.408 e. The number of hydrogen-bond acceptors (Lipinski definition) is 4. The molecule has 0 saturated carbocycles. The summed E-state index contributed by atoms with van der Waals surface area (Å²) < 4.78 is 47.8. The SMILES string of the molecule is CC(=O)N1CCC[C@@H]1Cn1c(=O)oc2ccc(-c3ccc(OC(F)(F)F)cc3)cc21. The van der Waals surface area contributed by atoms with E-state index in [9.17, 15) is 22.8 Å². The Kier molecular flexibility index (Phi) is 5.05. The second-order valence-corrected chi connectivity index (χ2v) is 7.24. The number of amides is 1. The normalized spacial score (nSPS) is 16.9. The molecule has 0 unspecified atom stereocenters. The van der Waals surface area contributed by atoms with Gasteiger partial charge in [0.25, 0.3) is 0 Å². The van der Waals surface area contributed by atoms with Gasteiger partial charge >= 0.3 is 12.1 Å². The van der Waals surface area contributed by atoms with Crippen LogP contribution in [0.25, 0.3) is 22.2 Å². The minimum absolute atomic E-state index is 0.0276. The van der Waals surface area contributed by atoms with Gasteiger partial charge in [-0.05, 0) is 48.2 Å². The minimum atomic E-state index is -4.75. The first kappa shape index (κ1) is 20.1. The molecule has 158 valence electrons. The van der Waals surface area contributed by atoms with Gasteiger partial charge in [0.05, 0.1) is 5.52 Å². The van der Waals surface area contributed by atoms with Gasteiger partial charge in [-0.25, -0.2) is 4.79 Å². The third kappa shape index (κ3) is 4.05. The summed E-state index contributed by atoms with van der Waals surface area (Å²) in [5.74, 6) is -0.843. The molecule has 1 aromatic heterocycles. The number of fused-ring (bicyclic) bond motifs is 1. The monoisotopic (exact) mass is 420 g/mol. The summed E-state index contributed by atoms with van der Waals surface area (Å²) in [6, 6.07) is 10.6. The molecule has 0 bridgehead atoms. The average Bonchev–Trinajstić information content (AvgIpc) is 3.26. The standard InChI is InChI=1S/C21H19F3N2O4/c1-13(27)25-10-2-3-16(25)12-26-18-11-15(6-9-19(18)29-20(26)28)14-4-7-17(8-5-14)30-21(22,23)24/h4-9,11,16H,2-3,10,12H2,1H3/t16-/m1/s1. The van der Waals surface area contributed by atoms with Crippen molar-refractivity contribution in [2.24, 2.45) is 0 Å². The molecule has 0 radical (unpaired) electrons. The van der Waals surface area contributed by atoms with Crippen LogP contribution in [0.2, 0.25) is 0 Å². The van der Waals surface area contributed by atoms with Crippen molar-refractivity contribution in [1.82, 2.24) is 9.47 Å². The molecule has 1 aliphatic heterocycles. The number of ether oxygens (including phenoxy) is 1. The van der Waals surface area contributed by atoms with Crippen LogP contribution in [-0.2, 0) is 11.3 Å². The van der Waals surface area contributed by atoms with Crippen molar-refractivity contribution in [2.45, 2.75) is 38.7 Å². The number of carbonyl (C=O) groups is 1. The number of rotatable bonds is 4. The molecule has 1 amide bonds. The van der Waals surface area contributed by atoms with Crippen LogP contribution in [0.1, 0.15) is 19.8 Å². The second-order valence-electron chi connectivity index (χ2n) is 7.24. The fourth-order valence-electron chi connectivity index (χ4n) is 3.91. The van der Waals surface area contributed by atoms with Crippen molar-refractivity contribution < 1.29 is 27.1 Å². The second kappa shape index (κ2) is 7.55. The van der Waals surface area contributed by atoms with Gasteiger partial charge in [0.2, 0.25) is 5.91 Å². The van der Waals surface area contributed by atoms with Crippen LogP contribution in [0, 0.1) is 0 Å². The highest BCUT2D eigenvalue weighted by Gasteiger charge is 2.31. The minimum Gasteiger partial charge on any atom is -0.408 e. The molecule has 2 aromatic carbocycles. The first-order valence-electron chi connectivity index (χ1n) is 9.48. The Labute approximate surface area is 169 Å². The van der Waals surface area contributed by atoms with Crippen LogP contribution in [0.15, 0.2) is 51.7 Å². The molecule has 9 heteroatoms. The highest BCUT2D eigenvalue weighted by atomic mass is 19.4. The molecule has 1 atom stereocenters. The van der Waals surface area contributed by atoms with Gasteiger partial charge < -0.3 is 14.1 Å². The maximum absolute atomic E-state index is 12.4. The van der Waals surface area contributed by atoms with E-state index < -0.39 is 12.1 Å². The molecule has 0 aliphatic carbocycles. The summed E-state index contributed by atoms with van der Waals surface area (Å²) in [5, 5.41) is 0. The lowest BCUT2D eigenvalue weighted by Gasteiger charge is -2.23. The van der Waals surface area contributed by atoms with Crippen molar-refractivity contribution >= 4 is 17.0 Å². The maximum Gasteiger partial charge on any atom is 0.573 e. The van der Waals surface area contributed by atoms with Crippen molar-refractivity contribution in [2.75, 3.05) is 6.54 Å². The van der Waals surface area contributed by atoms with E-state index in [1.54, 1.807) is 23.1 Å². The number of hydrogen-bond donors (Lipinski definition) is 0. The zero-order valence-corrected chi connectivity index (χ0v) is 16.1. The zero-order chi connectivity index (χ0) is 21.5. The summed E-state index contributed by atoms with van der Waals surface area (Å²) >= 11 is 0. The van der Waals surface area contributed by atoms with Crippen LogP contribution in [0.5, 0.6) is 5.75 Å². The van der Waals surface area contributed by atoms with Crippen LogP contribution >= 0.6 is 0 Å². The fourth-order valence-corrected chi connectivity index (χ4v) is 3.91. The lowest BCUT2D eigenvalue weighted by molar-refractivity contribution is -0.274. The number of carbonyl (C=O) groups excluding carboxylic acids is 1. The number of halogens is 3. The zero-order valence-electron chi connectivity index (χ0n) is 16.1. The number of nitrogens with zero attached hydrogens (tertiary/aromatic N) is 2. The molecular weight excluding hydrogens is 401 g/mol. The Morgan fingerprint density at radius 3 is 2.53 bits per heavy atom. The summed E-state index contributed by atoms with van der Waals surface area (Å²) in [6.07, 6.45) is -3.06. The highest BCUT2D eigenvalue weighted by Crippen LogP contribution is 2.29. The molecule has 30 heavy (non-hydrogen) atoms. The predicted molar refractivity (Wildman–Crippen MR) is 103 cm³/mol. The Morgan fingerprint density at radius 1 is 1.17 bits per heavy atom. The number of alkyl halides is 3. The summed E-state index contributed by atoms with van der Waals surface area (Å²) in [5.41, 5.74) is 2.36. The van der Waals surface area contributed by atoms with Gasteiger partial charge in [0.1, 0.15) is 5.75 Å². The topological polar surface area (TPSA) is 64.7 Å². The third-order valence-electron chi connectivity index (χ3n) is 5.26. The number of aromatic nitrogens is 1. The predicted octanol–water partition coefficient (Wildman–Crippen LogP) is 4.17. The molecule has 0 spiro atoms. The largest absolute Gasteiger partial charge is 0.573 e. The van der Waals surface area contributed by atoms with E-state index >= 15 is 0 Å². The molecule has 1 aliphatic rings. The quantitative estimate of drug-likeness (QED) is 0.636. The Balaban J connectivity index is 1.65. The Morgan fingerprint density at radius 2 is 1.87 bits per heavy atom. The summed E-state index contributed by atoms with van der Waals surface area (Å²) in [7, 11) is 0. The Hall–Kier alpha value is -3.23. The molecule has 1 fully saturated rings.